The molecule has 2 aliphatic heterocycles. The molecular weight excluding hydrogens is 294 g/mol. The molecule has 1 amide bonds. The minimum Gasteiger partial charge on any atom is -0.507 e. The number of phenols is 1. The second-order valence-electron chi connectivity index (χ2n) is 4.93. The number of phenolic OH excluding ortho intramolecular Hbond substituents is 1. The second-order valence-corrected chi connectivity index (χ2v) is 5.85. The summed E-state index contributed by atoms with van der Waals surface area (Å²) in [5, 5.41) is 23.0. The van der Waals surface area contributed by atoms with Crippen molar-refractivity contribution in [2.24, 2.45) is 0 Å². The normalized spacial score (nSPS) is 22.8. The number of aromatic hydroxyl groups is 1. The average molecular weight is 305 g/mol. The maximum atomic E-state index is 12.5. The highest BCUT2D eigenvalue weighted by molar-refractivity contribution is 7.11. The maximum Gasteiger partial charge on any atom is 0.269 e. The Labute approximate surface area is 123 Å². The molecule has 2 aliphatic rings. The van der Waals surface area contributed by atoms with Crippen molar-refractivity contribution in [3.8, 4) is 17.2 Å². The molecule has 6 nitrogen and oxygen atoms in total. The molecule has 21 heavy (non-hydrogen) atoms. The molecule has 0 aliphatic carbocycles. The molecular formula is C14H11NO5S. The van der Waals surface area contributed by atoms with Crippen molar-refractivity contribution < 1.29 is 24.5 Å². The molecule has 7 heteroatoms. The first-order valence-corrected chi connectivity index (χ1v) is 7.13. The first kappa shape index (κ1) is 12.5. The van der Waals surface area contributed by atoms with Gasteiger partial charge in [0, 0.05) is 18.7 Å². The number of ether oxygens (including phenoxy) is 2. The molecule has 2 aromatic rings. The number of carbonyl (C=O) groups is 1. The standard InChI is InChI=1S/C14H11NO5S/c1-15-8-2-3-21-12(8)14(18,13(15)17)7-4-10-11(5-9(7)16)20-6-19-10/h2-5,16,18H,6H2,1H3. The lowest BCUT2D eigenvalue weighted by Crippen LogP contribution is -2.39. The third kappa shape index (κ3) is 1.42. The van der Waals surface area contributed by atoms with Crippen LogP contribution >= 0.6 is 11.3 Å². The van der Waals surface area contributed by atoms with Crippen molar-refractivity contribution in [2.75, 3.05) is 18.7 Å². The van der Waals surface area contributed by atoms with Gasteiger partial charge in [-0.05, 0) is 17.5 Å². The van der Waals surface area contributed by atoms with E-state index in [1.165, 1.54) is 28.4 Å². The molecule has 0 saturated carbocycles. The van der Waals surface area contributed by atoms with Gasteiger partial charge in [0.15, 0.2) is 11.5 Å². The molecule has 1 aromatic carbocycles. The van der Waals surface area contributed by atoms with Crippen LogP contribution in [0.15, 0.2) is 23.6 Å². The van der Waals surface area contributed by atoms with E-state index in [9.17, 15) is 15.0 Å². The van der Waals surface area contributed by atoms with E-state index in [1.807, 2.05) is 0 Å². The lowest BCUT2D eigenvalue weighted by Gasteiger charge is -2.23. The zero-order valence-corrected chi connectivity index (χ0v) is 11.8. The van der Waals surface area contributed by atoms with Crippen LogP contribution in [-0.2, 0) is 10.4 Å². The van der Waals surface area contributed by atoms with Crippen LogP contribution in [0.1, 0.15) is 10.4 Å². The monoisotopic (exact) mass is 305 g/mol. The predicted molar refractivity (Wildman–Crippen MR) is 75.0 cm³/mol. The summed E-state index contributed by atoms with van der Waals surface area (Å²) in [4.78, 5) is 14.4. The Morgan fingerprint density at radius 1 is 1.33 bits per heavy atom. The third-order valence-electron chi connectivity index (χ3n) is 3.83. The quantitative estimate of drug-likeness (QED) is 0.832. The first-order valence-electron chi connectivity index (χ1n) is 6.25. The molecule has 1 atom stereocenters. The van der Waals surface area contributed by atoms with Gasteiger partial charge >= 0.3 is 0 Å². The van der Waals surface area contributed by atoms with Gasteiger partial charge in [-0.1, -0.05) is 0 Å². The zero-order chi connectivity index (χ0) is 14.8. The number of benzene rings is 1. The average Bonchev–Trinajstić information content (AvgIpc) is 3.15. The Morgan fingerprint density at radius 2 is 2.05 bits per heavy atom. The number of hydrogen-bond acceptors (Lipinski definition) is 6. The van der Waals surface area contributed by atoms with Crippen LogP contribution in [0.25, 0.3) is 0 Å². The molecule has 0 spiro atoms. The van der Waals surface area contributed by atoms with Gasteiger partial charge in [0.05, 0.1) is 10.6 Å². The minimum absolute atomic E-state index is 0.0504. The number of hydrogen-bond donors (Lipinski definition) is 2. The van der Waals surface area contributed by atoms with Gasteiger partial charge in [-0.2, -0.15) is 0 Å². The van der Waals surface area contributed by atoms with Gasteiger partial charge in [-0.25, -0.2) is 0 Å². The zero-order valence-electron chi connectivity index (χ0n) is 11.0. The fourth-order valence-corrected chi connectivity index (χ4v) is 3.77. The van der Waals surface area contributed by atoms with E-state index in [0.29, 0.717) is 22.1 Å². The predicted octanol–water partition coefficient (Wildman–Crippen LogP) is 1.39. The molecule has 4 rings (SSSR count). The Hall–Kier alpha value is -2.25. The number of rotatable bonds is 1. The molecule has 3 heterocycles. The Bertz CT molecular complexity index is 771. The molecule has 0 saturated heterocycles. The fraction of sp³-hybridized carbons (Fsp3) is 0.214. The van der Waals surface area contributed by atoms with Crippen molar-refractivity contribution in [1.29, 1.82) is 0 Å². The number of fused-ring (bicyclic) bond motifs is 2. The van der Waals surface area contributed by atoms with Crippen molar-refractivity contribution in [2.45, 2.75) is 5.60 Å². The highest BCUT2D eigenvalue weighted by Gasteiger charge is 2.52. The molecule has 108 valence electrons. The molecule has 1 unspecified atom stereocenters. The Morgan fingerprint density at radius 3 is 2.81 bits per heavy atom. The number of carbonyl (C=O) groups excluding carboxylic acids is 1. The SMILES string of the molecule is CN1C(=O)C(O)(c2cc3c(cc2O)OCO3)c2sccc21. The first-order chi connectivity index (χ1) is 10.0. The van der Waals surface area contributed by atoms with Crippen LogP contribution in [0, 0.1) is 0 Å². The van der Waals surface area contributed by atoms with E-state index in [4.69, 9.17) is 9.47 Å². The van der Waals surface area contributed by atoms with Crippen molar-refractivity contribution in [3.63, 3.8) is 0 Å². The second kappa shape index (κ2) is 3.90. The summed E-state index contributed by atoms with van der Waals surface area (Å²) in [7, 11) is 1.59. The van der Waals surface area contributed by atoms with Crippen LogP contribution in [0.5, 0.6) is 17.2 Å². The number of nitrogens with zero attached hydrogens (tertiary/aromatic N) is 1. The Kier molecular flexibility index (Phi) is 2.32. The number of anilines is 1. The van der Waals surface area contributed by atoms with Gasteiger partial charge in [0.25, 0.3) is 5.91 Å². The molecule has 0 radical (unpaired) electrons. The summed E-state index contributed by atoms with van der Waals surface area (Å²) in [5.41, 5.74) is -1.15. The van der Waals surface area contributed by atoms with Gasteiger partial charge in [0.1, 0.15) is 5.75 Å². The van der Waals surface area contributed by atoms with Crippen molar-refractivity contribution >= 4 is 22.9 Å². The third-order valence-corrected chi connectivity index (χ3v) is 4.84. The number of aliphatic hydroxyl groups is 1. The van der Waals surface area contributed by atoms with E-state index >= 15 is 0 Å². The van der Waals surface area contributed by atoms with Gasteiger partial charge in [-0.15, -0.1) is 11.3 Å². The topological polar surface area (TPSA) is 79.2 Å². The highest BCUT2D eigenvalue weighted by atomic mass is 32.1. The molecule has 2 N–H and O–H groups in total. The van der Waals surface area contributed by atoms with Gasteiger partial charge in [0.2, 0.25) is 12.4 Å². The molecule has 0 fully saturated rings. The van der Waals surface area contributed by atoms with E-state index in [1.54, 1.807) is 18.5 Å². The fourth-order valence-electron chi connectivity index (χ4n) is 2.75. The molecule has 1 aromatic heterocycles. The van der Waals surface area contributed by atoms with Crippen LogP contribution in [0.2, 0.25) is 0 Å². The van der Waals surface area contributed by atoms with E-state index in [-0.39, 0.29) is 18.1 Å². The van der Waals surface area contributed by atoms with Crippen molar-refractivity contribution in [1.82, 2.24) is 0 Å². The number of thiophene rings is 1. The maximum absolute atomic E-state index is 12.5. The van der Waals surface area contributed by atoms with E-state index in [0.717, 1.165) is 0 Å². The minimum atomic E-state index is -1.90. The summed E-state index contributed by atoms with van der Waals surface area (Å²) >= 11 is 1.27. The molecule has 0 bridgehead atoms. The largest absolute Gasteiger partial charge is 0.507 e. The number of amides is 1. The summed E-state index contributed by atoms with van der Waals surface area (Å²) < 4.78 is 10.4. The highest BCUT2D eigenvalue weighted by Crippen LogP contribution is 2.51. The smallest absolute Gasteiger partial charge is 0.269 e. The lowest BCUT2D eigenvalue weighted by molar-refractivity contribution is -0.131. The van der Waals surface area contributed by atoms with Gasteiger partial charge in [-0.3, -0.25) is 4.79 Å². The summed E-state index contributed by atoms with van der Waals surface area (Å²) in [6, 6.07) is 4.58. The Balaban J connectivity index is 1.96. The van der Waals surface area contributed by atoms with E-state index in [2.05, 4.69) is 0 Å². The van der Waals surface area contributed by atoms with Crippen LogP contribution < -0.4 is 14.4 Å². The summed E-state index contributed by atoms with van der Waals surface area (Å²) in [5.74, 6) is 0.0880. The summed E-state index contributed by atoms with van der Waals surface area (Å²) in [6.07, 6.45) is 0. The lowest BCUT2D eigenvalue weighted by atomic mass is 9.91. The van der Waals surface area contributed by atoms with Crippen LogP contribution in [0.3, 0.4) is 0 Å². The van der Waals surface area contributed by atoms with Crippen LogP contribution in [-0.4, -0.2) is 30.0 Å². The van der Waals surface area contributed by atoms with Crippen molar-refractivity contribution in [3.05, 3.63) is 34.0 Å². The van der Waals surface area contributed by atoms with Gasteiger partial charge < -0.3 is 24.6 Å². The summed E-state index contributed by atoms with van der Waals surface area (Å²) in [6.45, 7) is 0.0504. The number of likely N-dealkylation sites (N-methyl/N-ethyl adjacent to an activating group) is 1. The van der Waals surface area contributed by atoms with Crippen LogP contribution in [0.4, 0.5) is 5.69 Å². The van der Waals surface area contributed by atoms with E-state index < -0.39 is 11.5 Å².